The SMILES string of the molecule is COc1cccc([C@@H](C[NH2+][C@@H](C)C(=O)NC2CC2)c2c[nH]c3ccccc23)c1OC. The summed E-state index contributed by atoms with van der Waals surface area (Å²) < 4.78 is 11.3. The molecule has 1 aliphatic carbocycles. The highest BCUT2D eigenvalue weighted by molar-refractivity contribution is 5.84. The minimum Gasteiger partial charge on any atom is -0.493 e. The number of nitrogens with two attached hydrogens (primary N) is 1. The minimum absolute atomic E-state index is 0.0300. The maximum absolute atomic E-state index is 12.5. The molecule has 6 nitrogen and oxygen atoms in total. The molecule has 1 fully saturated rings. The van der Waals surface area contributed by atoms with Crippen molar-refractivity contribution < 1.29 is 19.6 Å². The zero-order valence-electron chi connectivity index (χ0n) is 17.8. The zero-order chi connectivity index (χ0) is 21.1. The first kappa shape index (κ1) is 20.3. The molecule has 3 aromatic rings. The molecule has 158 valence electrons. The van der Waals surface area contributed by atoms with E-state index in [1.54, 1.807) is 14.2 Å². The molecular formula is C24H30N3O3+. The van der Waals surface area contributed by atoms with Gasteiger partial charge in [0.2, 0.25) is 0 Å². The molecule has 0 spiro atoms. The summed E-state index contributed by atoms with van der Waals surface area (Å²) >= 11 is 0. The summed E-state index contributed by atoms with van der Waals surface area (Å²) in [7, 11) is 3.32. The summed E-state index contributed by atoms with van der Waals surface area (Å²) in [5.74, 6) is 1.58. The van der Waals surface area contributed by atoms with E-state index >= 15 is 0 Å². The van der Waals surface area contributed by atoms with Crippen LogP contribution in [0.3, 0.4) is 0 Å². The van der Waals surface area contributed by atoms with Gasteiger partial charge in [0, 0.05) is 28.7 Å². The molecule has 30 heavy (non-hydrogen) atoms. The van der Waals surface area contributed by atoms with Gasteiger partial charge in [-0.2, -0.15) is 0 Å². The number of benzene rings is 2. The third kappa shape index (κ3) is 4.14. The maximum Gasteiger partial charge on any atom is 0.278 e. The van der Waals surface area contributed by atoms with Crippen LogP contribution < -0.4 is 20.1 Å². The molecule has 6 heteroatoms. The number of H-pyrrole nitrogens is 1. The number of para-hydroxylation sites is 2. The van der Waals surface area contributed by atoms with E-state index < -0.39 is 0 Å². The monoisotopic (exact) mass is 408 g/mol. The third-order valence-corrected chi connectivity index (χ3v) is 5.87. The van der Waals surface area contributed by atoms with Crippen molar-refractivity contribution in [2.75, 3.05) is 20.8 Å². The lowest BCUT2D eigenvalue weighted by atomic mass is 9.89. The van der Waals surface area contributed by atoms with Crippen molar-refractivity contribution in [1.82, 2.24) is 10.3 Å². The first-order valence-electron chi connectivity index (χ1n) is 10.5. The number of aromatic nitrogens is 1. The summed E-state index contributed by atoms with van der Waals surface area (Å²) in [5, 5.41) is 6.39. The van der Waals surface area contributed by atoms with Crippen molar-refractivity contribution in [2.24, 2.45) is 0 Å². The van der Waals surface area contributed by atoms with Crippen LogP contribution in [0.15, 0.2) is 48.7 Å². The average Bonchev–Trinajstić information content (AvgIpc) is 3.49. The Labute approximate surface area is 177 Å². The minimum atomic E-state index is -0.157. The van der Waals surface area contributed by atoms with Crippen molar-refractivity contribution in [1.29, 1.82) is 0 Å². The van der Waals surface area contributed by atoms with E-state index in [1.807, 2.05) is 25.1 Å². The fourth-order valence-corrected chi connectivity index (χ4v) is 4.00. The van der Waals surface area contributed by atoms with E-state index in [9.17, 15) is 4.79 Å². The summed E-state index contributed by atoms with van der Waals surface area (Å²) in [6, 6.07) is 14.5. The topological polar surface area (TPSA) is 80.0 Å². The first-order valence-corrected chi connectivity index (χ1v) is 10.5. The predicted octanol–water partition coefficient (Wildman–Crippen LogP) is 2.55. The van der Waals surface area contributed by atoms with Gasteiger partial charge in [-0.15, -0.1) is 0 Å². The van der Waals surface area contributed by atoms with Crippen LogP contribution in [0.1, 0.15) is 36.8 Å². The average molecular weight is 409 g/mol. The number of carbonyl (C=O) groups is 1. The van der Waals surface area contributed by atoms with E-state index in [4.69, 9.17) is 9.47 Å². The van der Waals surface area contributed by atoms with Crippen molar-refractivity contribution in [3.8, 4) is 11.5 Å². The largest absolute Gasteiger partial charge is 0.493 e. The zero-order valence-corrected chi connectivity index (χ0v) is 17.8. The number of ether oxygens (including phenoxy) is 2. The second-order valence-electron chi connectivity index (χ2n) is 7.97. The van der Waals surface area contributed by atoms with Crippen LogP contribution in [0.2, 0.25) is 0 Å². The number of hydrogen-bond acceptors (Lipinski definition) is 3. The number of amides is 1. The molecule has 1 aliphatic rings. The van der Waals surface area contributed by atoms with Crippen LogP contribution in [0.5, 0.6) is 11.5 Å². The predicted molar refractivity (Wildman–Crippen MR) is 117 cm³/mol. The highest BCUT2D eigenvalue weighted by Gasteiger charge is 2.29. The molecule has 0 saturated heterocycles. The van der Waals surface area contributed by atoms with E-state index in [1.165, 1.54) is 10.9 Å². The number of hydrogen-bond donors (Lipinski definition) is 3. The molecule has 1 aromatic heterocycles. The Morgan fingerprint density at radius 3 is 2.67 bits per heavy atom. The quantitative estimate of drug-likeness (QED) is 0.509. The van der Waals surface area contributed by atoms with Gasteiger partial charge in [0.15, 0.2) is 17.5 Å². The molecule has 1 heterocycles. The lowest BCUT2D eigenvalue weighted by molar-refractivity contribution is -0.674. The van der Waals surface area contributed by atoms with Gasteiger partial charge in [-0.25, -0.2) is 0 Å². The Bertz CT molecular complexity index is 1030. The van der Waals surface area contributed by atoms with Gasteiger partial charge in [0.1, 0.15) is 0 Å². The number of fused-ring (bicyclic) bond motifs is 1. The Kier molecular flexibility index (Phi) is 5.95. The second kappa shape index (κ2) is 8.79. The summed E-state index contributed by atoms with van der Waals surface area (Å²) in [5.41, 5.74) is 3.33. The number of quaternary nitrogens is 1. The van der Waals surface area contributed by atoms with Crippen molar-refractivity contribution in [3.63, 3.8) is 0 Å². The molecule has 0 radical (unpaired) electrons. The van der Waals surface area contributed by atoms with Gasteiger partial charge in [0.05, 0.1) is 26.7 Å². The van der Waals surface area contributed by atoms with Crippen LogP contribution in [0, 0.1) is 0 Å². The Hall–Kier alpha value is -2.99. The summed E-state index contributed by atoms with van der Waals surface area (Å²) in [4.78, 5) is 15.9. The van der Waals surface area contributed by atoms with Crippen LogP contribution in [-0.2, 0) is 4.79 Å². The van der Waals surface area contributed by atoms with E-state index in [0.29, 0.717) is 18.3 Å². The normalized spacial score (nSPS) is 15.6. The Morgan fingerprint density at radius 1 is 1.13 bits per heavy atom. The van der Waals surface area contributed by atoms with Crippen LogP contribution in [-0.4, -0.2) is 43.7 Å². The number of rotatable bonds is 9. The fourth-order valence-electron chi connectivity index (χ4n) is 4.00. The van der Waals surface area contributed by atoms with Crippen LogP contribution in [0.4, 0.5) is 0 Å². The van der Waals surface area contributed by atoms with E-state index in [0.717, 1.165) is 29.7 Å². The molecule has 2 aromatic carbocycles. The summed E-state index contributed by atoms with van der Waals surface area (Å²) in [6.45, 7) is 2.68. The molecule has 4 rings (SSSR count). The Morgan fingerprint density at radius 2 is 1.93 bits per heavy atom. The van der Waals surface area contributed by atoms with Gasteiger partial charge in [0.25, 0.3) is 5.91 Å². The number of nitrogens with one attached hydrogen (secondary N) is 2. The van der Waals surface area contributed by atoms with Gasteiger partial charge in [-0.1, -0.05) is 30.3 Å². The lowest BCUT2D eigenvalue weighted by Crippen LogP contribution is -2.92. The van der Waals surface area contributed by atoms with E-state index in [-0.39, 0.29) is 17.9 Å². The molecule has 2 atom stereocenters. The number of methoxy groups -OCH3 is 2. The van der Waals surface area contributed by atoms with Gasteiger partial charge >= 0.3 is 0 Å². The molecule has 1 amide bonds. The molecule has 4 N–H and O–H groups in total. The van der Waals surface area contributed by atoms with Crippen LogP contribution in [0.25, 0.3) is 10.9 Å². The van der Waals surface area contributed by atoms with Gasteiger partial charge in [-0.3, -0.25) is 4.79 Å². The van der Waals surface area contributed by atoms with Gasteiger partial charge < -0.3 is 25.1 Å². The molecular weight excluding hydrogens is 378 g/mol. The smallest absolute Gasteiger partial charge is 0.278 e. The molecule has 1 saturated carbocycles. The highest BCUT2D eigenvalue weighted by atomic mass is 16.5. The van der Waals surface area contributed by atoms with E-state index in [2.05, 4.69) is 46.1 Å². The van der Waals surface area contributed by atoms with Crippen LogP contribution >= 0.6 is 0 Å². The molecule has 0 unspecified atom stereocenters. The van der Waals surface area contributed by atoms with Gasteiger partial charge in [-0.05, 0) is 37.5 Å². The molecule has 0 aliphatic heterocycles. The standard InChI is InChI=1S/C24H29N3O3/c1-15(24(28)27-16-11-12-16)25-13-20(18-8-6-10-22(29-2)23(18)30-3)19-14-26-21-9-5-4-7-17(19)21/h4-10,14-16,20,25-26H,11-13H2,1-3H3,(H,27,28)/p+1/t15-,20+/m0/s1. The highest BCUT2D eigenvalue weighted by Crippen LogP contribution is 2.39. The second-order valence-corrected chi connectivity index (χ2v) is 7.97. The number of carbonyl (C=O) groups excluding carboxylic acids is 1. The molecule has 0 bridgehead atoms. The fraction of sp³-hybridized carbons (Fsp3) is 0.375. The maximum atomic E-state index is 12.5. The first-order chi connectivity index (χ1) is 14.6. The number of aromatic amines is 1. The lowest BCUT2D eigenvalue weighted by Gasteiger charge is -2.21. The third-order valence-electron chi connectivity index (χ3n) is 5.87. The summed E-state index contributed by atoms with van der Waals surface area (Å²) in [6.07, 6.45) is 4.26. The van der Waals surface area contributed by atoms with Crippen molar-refractivity contribution in [3.05, 3.63) is 59.8 Å². The Balaban J connectivity index is 1.67. The van der Waals surface area contributed by atoms with Crippen molar-refractivity contribution in [2.45, 2.75) is 37.8 Å². The van der Waals surface area contributed by atoms with Crippen molar-refractivity contribution >= 4 is 16.8 Å².